The predicted octanol–water partition coefficient (Wildman–Crippen LogP) is 2.05. The molecule has 0 N–H and O–H groups in total. The summed E-state index contributed by atoms with van der Waals surface area (Å²) in [6.45, 7) is 1.15. The third kappa shape index (κ3) is 1.72. The van der Waals surface area contributed by atoms with Crippen LogP contribution in [0.2, 0.25) is 5.02 Å². The fourth-order valence-electron chi connectivity index (χ4n) is 2.47. The first-order valence-corrected chi connectivity index (χ1v) is 6.32. The van der Waals surface area contributed by atoms with E-state index in [4.69, 9.17) is 16.3 Å². The van der Waals surface area contributed by atoms with E-state index in [1.807, 2.05) is 0 Å². The number of hydrogen-bond acceptors (Lipinski definition) is 3. The van der Waals surface area contributed by atoms with Crippen LogP contribution in [0.1, 0.15) is 23.2 Å². The van der Waals surface area contributed by atoms with Crippen molar-refractivity contribution >= 4 is 29.0 Å². The van der Waals surface area contributed by atoms with Gasteiger partial charge in [-0.2, -0.15) is 0 Å². The molecular weight excluding hydrogens is 254 g/mol. The van der Waals surface area contributed by atoms with Crippen molar-refractivity contribution < 1.29 is 14.3 Å². The molecule has 0 saturated carbocycles. The van der Waals surface area contributed by atoms with Crippen molar-refractivity contribution in [2.24, 2.45) is 0 Å². The van der Waals surface area contributed by atoms with Gasteiger partial charge in [-0.15, -0.1) is 0 Å². The second-order valence-corrected chi connectivity index (χ2v) is 4.92. The highest BCUT2D eigenvalue weighted by molar-refractivity contribution is 6.55. The van der Waals surface area contributed by atoms with Crippen molar-refractivity contribution in [3.63, 3.8) is 0 Å². The molecule has 1 fully saturated rings. The van der Waals surface area contributed by atoms with Gasteiger partial charge >= 0.3 is 0 Å². The quantitative estimate of drug-likeness (QED) is 0.769. The molecule has 1 aromatic rings. The molecule has 94 valence electrons. The molecule has 5 heteroatoms. The highest BCUT2D eigenvalue weighted by atomic mass is 35.5. The number of nitrogens with zero attached hydrogens (tertiary/aromatic N) is 1. The zero-order valence-corrected chi connectivity index (χ0v) is 10.4. The molecule has 4 nitrogen and oxygen atoms in total. The molecule has 0 aromatic heterocycles. The van der Waals surface area contributed by atoms with Gasteiger partial charge in [-0.1, -0.05) is 17.7 Å². The number of fused-ring (bicyclic) bond motifs is 1. The summed E-state index contributed by atoms with van der Waals surface area (Å²) in [7, 11) is 0. The number of ether oxygens (including phenoxy) is 1. The summed E-state index contributed by atoms with van der Waals surface area (Å²) in [6, 6.07) is 5.12. The first kappa shape index (κ1) is 11.7. The van der Waals surface area contributed by atoms with Gasteiger partial charge in [0, 0.05) is 6.61 Å². The van der Waals surface area contributed by atoms with E-state index in [1.165, 1.54) is 4.90 Å². The number of amides is 1. The molecule has 0 radical (unpaired) electrons. The maximum atomic E-state index is 12.0. The van der Waals surface area contributed by atoms with Gasteiger partial charge in [-0.05, 0) is 25.0 Å². The Kier molecular flexibility index (Phi) is 2.84. The summed E-state index contributed by atoms with van der Waals surface area (Å²) >= 11 is 5.98. The molecule has 2 aliphatic heterocycles. The molecule has 1 saturated heterocycles. The maximum Gasteiger partial charge on any atom is 0.299 e. The molecule has 0 aliphatic carbocycles. The van der Waals surface area contributed by atoms with Gasteiger partial charge in [-0.3, -0.25) is 9.59 Å². The Morgan fingerprint density at radius 2 is 2.22 bits per heavy atom. The molecule has 2 aliphatic rings. The number of hydrogen-bond donors (Lipinski definition) is 0. The fraction of sp³-hybridized carbons (Fsp3) is 0.385. The number of benzene rings is 1. The van der Waals surface area contributed by atoms with Crippen molar-refractivity contribution in [2.45, 2.75) is 18.9 Å². The van der Waals surface area contributed by atoms with E-state index < -0.39 is 11.7 Å². The Labute approximate surface area is 109 Å². The smallest absolute Gasteiger partial charge is 0.299 e. The van der Waals surface area contributed by atoms with Crippen molar-refractivity contribution in [3.8, 4) is 0 Å². The van der Waals surface area contributed by atoms with Gasteiger partial charge in [0.2, 0.25) is 0 Å². The standard InChI is InChI=1S/C13H12ClNO3/c14-9-4-1-5-10-11(9)12(16)13(17)15(10)7-8-3-2-6-18-8/h1,4-5,8H,2-3,6-7H2. The number of halogens is 1. The third-order valence-corrected chi connectivity index (χ3v) is 3.67. The van der Waals surface area contributed by atoms with Crippen LogP contribution in [0.15, 0.2) is 18.2 Å². The van der Waals surface area contributed by atoms with Crippen LogP contribution in [-0.4, -0.2) is 30.9 Å². The average molecular weight is 266 g/mol. The van der Waals surface area contributed by atoms with E-state index in [0.29, 0.717) is 22.8 Å². The first-order chi connectivity index (χ1) is 8.68. The molecular formula is C13H12ClNO3. The first-order valence-electron chi connectivity index (χ1n) is 5.95. The Balaban J connectivity index is 1.94. The minimum Gasteiger partial charge on any atom is -0.376 e. The summed E-state index contributed by atoms with van der Waals surface area (Å²) < 4.78 is 5.51. The lowest BCUT2D eigenvalue weighted by molar-refractivity contribution is -0.114. The summed E-state index contributed by atoms with van der Waals surface area (Å²) in [5.41, 5.74) is 0.926. The molecule has 0 bridgehead atoms. The molecule has 18 heavy (non-hydrogen) atoms. The normalized spacial score (nSPS) is 22.7. The van der Waals surface area contributed by atoms with E-state index >= 15 is 0 Å². The number of anilines is 1. The average Bonchev–Trinajstić information content (AvgIpc) is 2.94. The zero-order chi connectivity index (χ0) is 12.7. The summed E-state index contributed by atoms with van der Waals surface area (Å²) in [6.07, 6.45) is 1.95. The molecule has 0 spiro atoms. The second kappa shape index (κ2) is 4.37. The van der Waals surface area contributed by atoms with E-state index in [2.05, 4.69) is 0 Å². The van der Waals surface area contributed by atoms with Gasteiger partial charge in [0.05, 0.1) is 28.9 Å². The van der Waals surface area contributed by atoms with Crippen LogP contribution in [0, 0.1) is 0 Å². The third-order valence-electron chi connectivity index (χ3n) is 3.36. The number of ketones is 1. The lowest BCUT2D eigenvalue weighted by Crippen LogP contribution is -2.36. The van der Waals surface area contributed by atoms with Crippen LogP contribution < -0.4 is 4.90 Å². The lowest BCUT2D eigenvalue weighted by Gasteiger charge is -2.20. The number of carbonyl (C=O) groups excluding carboxylic acids is 2. The van der Waals surface area contributed by atoms with E-state index in [9.17, 15) is 9.59 Å². The van der Waals surface area contributed by atoms with Gasteiger partial charge in [-0.25, -0.2) is 0 Å². The van der Waals surface area contributed by atoms with Crippen molar-refractivity contribution in [1.29, 1.82) is 0 Å². The Bertz CT molecular complexity index is 523. The fourth-order valence-corrected chi connectivity index (χ4v) is 2.73. The summed E-state index contributed by atoms with van der Waals surface area (Å²) in [4.78, 5) is 25.3. The largest absolute Gasteiger partial charge is 0.376 e. The molecule has 1 amide bonds. The minimum absolute atomic E-state index is 0.0201. The molecule has 2 heterocycles. The second-order valence-electron chi connectivity index (χ2n) is 4.51. The van der Waals surface area contributed by atoms with Crippen molar-refractivity contribution in [1.82, 2.24) is 0 Å². The Morgan fingerprint density at radius 1 is 1.39 bits per heavy atom. The van der Waals surface area contributed by atoms with Crippen LogP contribution >= 0.6 is 11.6 Å². The number of carbonyl (C=O) groups is 2. The topological polar surface area (TPSA) is 46.6 Å². The van der Waals surface area contributed by atoms with Gasteiger partial charge < -0.3 is 9.64 Å². The summed E-state index contributed by atoms with van der Waals surface area (Å²) in [5, 5.41) is 0.334. The highest BCUT2D eigenvalue weighted by Crippen LogP contribution is 2.34. The summed E-state index contributed by atoms with van der Waals surface area (Å²) in [5.74, 6) is -1.03. The van der Waals surface area contributed by atoms with E-state index in [1.54, 1.807) is 18.2 Å². The number of rotatable bonds is 2. The predicted molar refractivity (Wildman–Crippen MR) is 67.1 cm³/mol. The Hall–Kier alpha value is -1.39. The van der Waals surface area contributed by atoms with Crippen LogP contribution in [0.25, 0.3) is 0 Å². The highest BCUT2D eigenvalue weighted by Gasteiger charge is 2.38. The Morgan fingerprint density at radius 3 is 2.94 bits per heavy atom. The number of Topliss-reactive ketones (excluding diaryl/α,β-unsaturated/α-hetero) is 1. The maximum absolute atomic E-state index is 12.0. The molecule has 1 atom stereocenters. The van der Waals surface area contributed by atoms with Crippen molar-refractivity contribution in [3.05, 3.63) is 28.8 Å². The molecule has 1 unspecified atom stereocenters. The van der Waals surface area contributed by atoms with Crippen LogP contribution in [0.4, 0.5) is 5.69 Å². The van der Waals surface area contributed by atoms with Crippen LogP contribution in [0.3, 0.4) is 0 Å². The molecule has 1 aromatic carbocycles. The lowest BCUT2D eigenvalue weighted by atomic mass is 10.1. The van der Waals surface area contributed by atoms with Crippen LogP contribution in [0.5, 0.6) is 0 Å². The van der Waals surface area contributed by atoms with Crippen molar-refractivity contribution in [2.75, 3.05) is 18.1 Å². The van der Waals surface area contributed by atoms with E-state index in [-0.39, 0.29) is 6.10 Å². The van der Waals surface area contributed by atoms with Gasteiger partial charge in [0.1, 0.15) is 0 Å². The molecule has 3 rings (SSSR count). The van der Waals surface area contributed by atoms with E-state index in [0.717, 1.165) is 19.4 Å². The minimum atomic E-state index is -0.520. The SMILES string of the molecule is O=C1C(=O)N(CC2CCCO2)c2cccc(Cl)c21. The van der Waals surface area contributed by atoms with Gasteiger partial charge in [0.25, 0.3) is 11.7 Å². The zero-order valence-electron chi connectivity index (χ0n) is 9.69. The van der Waals surface area contributed by atoms with Gasteiger partial charge in [0.15, 0.2) is 0 Å². The monoisotopic (exact) mass is 265 g/mol. The van der Waals surface area contributed by atoms with Crippen LogP contribution in [-0.2, 0) is 9.53 Å².